The number of ether oxygens (including phenoxy) is 1. The summed E-state index contributed by atoms with van der Waals surface area (Å²) in [6, 6.07) is 27.2. The molecule has 1 aliphatic heterocycles. The second-order valence-corrected chi connectivity index (χ2v) is 8.23. The largest absolute Gasteiger partial charge is 0.489 e. The molecule has 6 nitrogen and oxygen atoms in total. The highest BCUT2D eigenvalue weighted by Crippen LogP contribution is 2.25. The SMILES string of the molecule is Cc1ccc2ccccc2c1COc1ccc(/C=C2\C(=O)NC(=O)N(c3ccccc3)C2=O)cc1. The molecule has 172 valence electrons. The number of benzene rings is 4. The Morgan fingerprint density at radius 3 is 2.31 bits per heavy atom. The highest BCUT2D eigenvalue weighted by atomic mass is 16.5. The number of carbonyl (C=O) groups is 3. The summed E-state index contributed by atoms with van der Waals surface area (Å²) in [4.78, 5) is 38.6. The van der Waals surface area contributed by atoms with E-state index in [2.05, 4.69) is 36.5 Å². The third kappa shape index (κ3) is 4.42. The lowest BCUT2D eigenvalue weighted by Gasteiger charge is -2.26. The number of anilines is 1. The lowest BCUT2D eigenvalue weighted by atomic mass is 10.0. The molecular formula is C29H22N2O4. The van der Waals surface area contributed by atoms with Crippen molar-refractivity contribution in [1.82, 2.24) is 5.32 Å². The van der Waals surface area contributed by atoms with Gasteiger partial charge in [-0.2, -0.15) is 0 Å². The van der Waals surface area contributed by atoms with Gasteiger partial charge in [0.05, 0.1) is 5.69 Å². The van der Waals surface area contributed by atoms with Gasteiger partial charge in [-0.1, -0.05) is 66.7 Å². The first-order valence-electron chi connectivity index (χ1n) is 11.2. The van der Waals surface area contributed by atoms with E-state index in [1.807, 2.05) is 12.1 Å². The van der Waals surface area contributed by atoms with Crippen LogP contribution in [0.1, 0.15) is 16.7 Å². The fourth-order valence-electron chi connectivity index (χ4n) is 4.09. The van der Waals surface area contributed by atoms with Gasteiger partial charge >= 0.3 is 6.03 Å². The van der Waals surface area contributed by atoms with Crippen LogP contribution in [0.5, 0.6) is 5.75 Å². The van der Waals surface area contributed by atoms with Crippen LogP contribution in [0.3, 0.4) is 0 Å². The Balaban J connectivity index is 1.35. The van der Waals surface area contributed by atoms with Crippen molar-refractivity contribution in [3.05, 3.63) is 113 Å². The molecule has 0 bridgehead atoms. The van der Waals surface area contributed by atoms with Crippen molar-refractivity contribution in [3.63, 3.8) is 0 Å². The summed E-state index contributed by atoms with van der Waals surface area (Å²) in [5, 5.41) is 4.56. The van der Waals surface area contributed by atoms with Crippen LogP contribution in [0.4, 0.5) is 10.5 Å². The molecule has 0 saturated carbocycles. The zero-order valence-corrected chi connectivity index (χ0v) is 19.0. The first-order valence-corrected chi connectivity index (χ1v) is 11.2. The van der Waals surface area contributed by atoms with E-state index in [9.17, 15) is 14.4 Å². The fraction of sp³-hybridized carbons (Fsp3) is 0.0690. The van der Waals surface area contributed by atoms with E-state index in [4.69, 9.17) is 4.74 Å². The van der Waals surface area contributed by atoms with Gasteiger partial charge in [-0.15, -0.1) is 0 Å². The van der Waals surface area contributed by atoms with E-state index in [0.29, 0.717) is 23.6 Å². The zero-order valence-electron chi connectivity index (χ0n) is 19.0. The van der Waals surface area contributed by atoms with Crippen molar-refractivity contribution in [2.45, 2.75) is 13.5 Å². The second kappa shape index (κ2) is 9.27. The van der Waals surface area contributed by atoms with Gasteiger partial charge in [0.25, 0.3) is 11.8 Å². The molecule has 0 atom stereocenters. The predicted molar refractivity (Wildman–Crippen MR) is 135 cm³/mol. The maximum atomic E-state index is 13.0. The normalized spacial score (nSPS) is 14.9. The van der Waals surface area contributed by atoms with Crippen LogP contribution in [-0.4, -0.2) is 17.8 Å². The van der Waals surface area contributed by atoms with Gasteiger partial charge in [0, 0.05) is 5.56 Å². The molecule has 35 heavy (non-hydrogen) atoms. The van der Waals surface area contributed by atoms with E-state index >= 15 is 0 Å². The van der Waals surface area contributed by atoms with Gasteiger partial charge in [-0.25, -0.2) is 9.69 Å². The molecule has 0 aromatic heterocycles. The summed E-state index contributed by atoms with van der Waals surface area (Å²) in [6.07, 6.45) is 1.47. The molecule has 5 rings (SSSR count). The smallest absolute Gasteiger partial charge is 0.335 e. The van der Waals surface area contributed by atoms with Gasteiger partial charge in [-0.05, 0) is 59.2 Å². The molecule has 4 aromatic rings. The number of urea groups is 1. The Bertz CT molecular complexity index is 1470. The Hall–Kier alpha value is -4.71. The van der Waals surface area contributed by atoms with Gasteiger partial charge in [0.2, 0.25) is 0 Å². The summed E-state index contributed by atoms with van der Waals surface area (Å²) in [5.41, 5.74) is 3.20. The van der Waals surface area contributed by atoms with E-state index in [1.165, 1.54) is 6.08 Å². The van der Waals surface area contributed by atoms with E-state index in [-0.39, 0.29) is 5.57 Å². The van der Waals surface area contributed by atoms with Crippen LogP contribution in [0.2, 0.25) is 0 Å². The van der Waals surface area contributed by atoms with E-state index in [0.717, 1.165) is 26.8 Å². The maximum Gasteiger partial charge on any atom is 0.335 e. The van der Waals surface area contributed by atoms with Gasteiger partial charge in [0.1, 0.15) is 17.9 Å². The van der Waals surface area contributed by atoms with Gasteiger partial charge in [-0.3, -0.25) is 14.9 Å². The minimum absolute atomic E-state index is 0.117. The molecule has 1 fully saturated rings. The number of amides is 4. The molecule has 1 N–H and O–H groups in total. The Kier molecular flexibility index (Phi) is 5.85. The number of rotatable bonds is 5. The monoisotopic (exact) mass is 462 g/mol. The number of imide groups is 2. The van der Waals surface area contributed by atoms with E-state index in [1.54, 1.807) is 54.6 Å². The van der Waals surface area contributed by atoms with Gasteiger partial charge < -0.3 is 4.74 Å². The van der Waals surface area contributed by atoms with Crippen LogP contribution >= 0.6 is 0 Å². The summed E-state index contributed by atoms with van der Waals surface area (Å²) in [6.45, 7) is 2.48. The van der Waals surface area contributed by atoms with Crippen molar-refractivity contribution in [3.8, 4) is 5.75 Å². The number of nitrogens with zero attached hydrogens (tertiary/aromatic N) is 1. The summed E-state index contributed by atoms with van der Waals surface area (Å²) in [5.74, 6) is -0.726. The molecule has 1 aliphatic rings. The second-order valence-electron chi connectivity index (χ2n) is 8.23. The van der Waals surface area contributed by atoms with Crippen LogP contribution in [-0.2, 0) is 16.2 Å². The molecule has 0 aliphatic carbocycles. The number of para-hydroxylation sites is 1. The fourth-order valence-corrected chi connectivity index (χ4v) is 4.09. The van der Waals surface area contributed by atoms with Crippen LogP contribution in [0.15, 0.2) is 96.6 Å². The summed E-state index contributed by atoms with van der Waals surface area (Å²) in [7, 11) is 0. The molecular weight excluding hydrogens is 440 g/mol. The van der Waals surface area contributed by atoms with Crippen molar-refractivity contribution in [2.75, 3.05) is 4.90 Å². The lowest BCUT2D eigenvalue weighted by Crippen LogP contribution is -2.54. The third-order valence-corrected chi connectivity index (χ3v) is 5.97. The van der Waals surface area contributed by atoms with Crippen molar-refractivity contribution < 1.29 is 19.1 Å². The molecule has 0 unspecified atom stereocenters. The highest BCUT2D eigenvalue weighted by Gasteiger charge is 2.36. The Labute approximate surface area is 202 Å². The molecule has 1 heterocycles. The molecule has 0 spiro atoms. The summed E-state index contributed by atoms with van der Waals surface area (Å²) < 4.78 is 6.04. The van der Waals surface area contributed by atoms with Crippen LogP contribution < -0.4 is 15.0 Å². The Morgan fingerprint density at radius 2 is 1.54 bits per heavy atom. The topological polar surface area (TPSA) is 75.7 Å². The Morgan fingerprint density at radius 1 is 0.829 bits per heavy atom. The average Bonchev–Trinajstić information content (AvgIpc) is 2.87. The molecule has 4 aromatic carbocycles. The van der Waals surface area contributed by atoms with E-state index < -0.39 is 17.8 Å². The predicted octanol–water partition coefficient (Wildman–Crippen LogP) is 5.39. The molecule has 0 radical (unpaired) electrons. The lowest BCUT2D eigenvalue weighted by molar-refractivity contribution is -0.122. The zero-order chi connectivity index (χ0) is 24.4. The highest BCUT2D eigenvalue weighted by molar-refractivity contribution is 6.39. The van der Waals surface area contributed by atoms with Crippen LogP contribution in [0.25, 0.3) is 16.8 Å². The molecule has 1 saturated heterocycles. The van der Waals surface area contributed by atoms with Crippen LogP contribution in [0, 0.1) is 6.92 Å². The summed E-state index contributed by atoms with van der Waals surface area (Å²) >= 11 is 0. The van der Waals surface area contributed by atoms with Crippen molar-refractivity contribution in [2.24, 2.45) is 0 Å². The first kappa shape index (κ1) is 22.1. The number of hydrogen-bond donors (Lipinski definition) is 1. The number of nitrogens with one attached hydrogen (secondary N) is 1. The number of fused-ring (bicyclic) bond motifs is 1. The minimum Gasteiger partial charge on any atom is -0.489 e. The first-order chi connectivity index (χ1) is 17.0. The van der Waals surface area contributed by atoms with Gasteiger partial charge in [0.15, 0.2) is 0 Å². The van der Waals surface area contributed by atoms with Crippen molar-refractivity contribution in [1.29, 1.82) is 0 Å². The molecule has 6 heteroatoms. The third-order valence-electron chi connectivity index (χ3n) is 5.97. The number of hydrogen-bond acceptors (Lipinski definition) is 4. The molecule has 4 amide bonds. The maximum absolute atomic E-state index is 13.0. The minimum atomic E-state index is -0.768. The number of barbiturate groups is 1. The average molecular weight is 463 g/mol. The number of aryl methyl sites for hydroxylation is 1. The van der Waals surface area contributed by atoms with Crippen molar-refractivity contribution >= 4 is 40.4 Å². The number of carbonyl (C=O) groups excluding carboxylic acids is 3. The quantitative estimate of drug-likeness (QED) is 0.319. The standard InChI is InChI=1S/C29H22N2O4/c1-19-11-14-21-7-5-6-10-24(21)26(19)18-35-23-15-12-20(13-16-23)17-25-27(32)30-29(34)31(28(25)33)22-8-3-2-4-9-22/h2-17H,18H2,1H3,(H,30,32,34)/b25-17+.